The van der Waals surface area contributed by atoms with Crippen LogP contribution >= 0.6 is 0 Å². The molecule has 0 saturated carbocycles. The Balaban J connectivity index is 0.00000127. The number of nitrogens with one attached hydrogen (secondary N) is 1. The zero-order valence-electron chi connectivity index (χ0n) is 15.4. The van der Waals surface area contributed by atoms with Gasteiger partial charge >= 0.3 is 0 Å². The van der Waals surface area contributed by atoms with Crippen LogP contribution in [0.4, 0.5) is 5.95 Å². The molecule has 1 aromatic carbocycles. The second-order valence-corrected chi connectivity index (χ2v) is 6.23. The van der Waals surface area contributed by atoms with Crippen LogP contribution in [-0.4, -0.2) is 28.8 Å². The van der Waals surface area contributed by atoms with Gasteiger partial charge in [-0.15, -0.1) is 0 Å². The highest BCUT2D eigenvalue weighted by atomic mass is 16.5. The lowest BCUT2D eigenvalue weighted by atomic mass is 10.1. The summed E-state index contributed by atoms with van der Waals surface area (Å²) < 4.78 is 6.76. The number of aromatic nitrogens is 2. The number of ether oxygens (including phenoxy) is 1. The molecule has 23 heavy (non-hydrogen) atoms. The van der Waals surface area contributed by atoms with Crippen molar-refractivity contribution in [1.29, 1.82) is 0 Å². The number of anilines is 1. The molecule has 0 atom stereocenters. The average Bonchev–Trinajstić information content (AvgIpc) is 2.49. The lowest BCUT2D eigenvalue weighted by Gasteiger charge is -2.24. The van der Waals surface area contributed by atoms with Crippen molar-refractivity contribution < 1.29 is 4.74 Å². The van der Waals surface area contributed by atoms with Gasteiger partial charge in [0, 0.05) is 12.6 Å². The number of aryl methyl sites for hydroxylation is 1. The normalized spacial score (nSPS) is 11.1. The SMILES string of the molecule is CC.COCCn1c(NC(C)(C)C)nc2c(C)cccc2c1=O. The third-order valence-electron chi connectivity index (χ3n) is 3.19. The van der Waals surface area contributed by atoms with Gasteiger partial charge < -0.3 is 10.1 Å². The molecular weight excluding hydrogens is 290 g/mol. The van der Waals surface area contributed by atoms with Crippen molar-refractivity contribution in [1.82, 2.24) is 9.55 Å². The number of rotatable bonds is 4. The summed E-state index contributed by atoms with van der Waals surface area (Å²) in [6.07, 6.45) is 0. The van der Waals surface area contributed by atoms with Gasteiger partial charge in [0.15, 0.2) is 0 Å². The van der Waals surface area contributed by atoms with Crippen LogP contribution in [0, 0.1) is 6.92 Å². The Bertz CT molecular complexity index is 700. The molecule has 2 aromatic rings. The maximum Gasteiger partial charge on any atom is 0.262 e. The van der Waals surface area contributed by atoms with Crippen LogP contribution in [0.2, 0.25) is 0 Å². The summed E-state index contributed by atoms with van der Waals surface area (Å²) in [5.41, 5.74) is 1.54. The van der Waals surface area contributed by atoms with Crippen molar-refractivity contribution in [3.8, 4) is 0 Å². The third-order valence-corrected chi connectivity index (χ3v) is 3.19. The molecular formula is C18H29N3O2. The number of para-hydroxylation sites is 1. The standard InChI is InChI=1S/C16H23N3O2.C2H6/c1-11-7-6-8-12-13(11)17-15(18-16(2,3)4)19(14(12)20)9-10-21-5;1-2/h6-8H,9-10H2,1-5H3,(H,17,18);1-2H3. The molecule has 1 N–H and O–H groups in total. The molecule has 0 unspecified atom stereocenters. The Labute approximate surface area is 138 Å². The minimum Gasteiger partial charge on any atom is -0.383 e. The Morgan fingerprint density at radius 3 is 2.48 bits per heavy atom. The van der Waals surface area contributed by atoms with Gasteiger partial charge in [-0.05, 0) is 39.3 Å². The van der Waals surface area contributed by atoms with Crippen molar-refractivity contribution >= 4 is 16.9 Å². The Hall–Kier alpha value is -1.88. The van der Waals surface area contributed by atoms with E-state index in [1.165, 1.54) is 0 Å². The Morgan fingerprint density at radius 2 is 1.91 bits per heavy atom. The summed E-state index contributed by atoms with van der Waals surface area (Å²) in [4.78, 5) is 17.4. The van der Waals surface area contributed by atoms with E-state index in [-0.39, 0.29) is 11.1 Å². The fourth-order valence-electron chi connectivity index (χ4n) is 2.21. The summed E-state index contributed by atoms with van der Waals surface area (Å²) in [5.74, 6) is 0.589. The number of nitrogens with zero attached hydrogens (tertiary/aromatic N) is 2. The molecule has 0 amide bonds. The topological polar surface area (TPSA) is 56.1 Å². The second kappa shape index (κ2) is 8.11. The largest absolute Gasteiger partial charge is 0.383 e. The molecule has 0 spiro atoms. The fourth-order valence-corrected chi connectivity index (χ4v) is 2.21. The molecule has 0 aliphatic carbocycles. The molecule has 0 aliphatic heterocycles. The number of hydrogen-bond acceptors (Lipinski definition) is 4. The van der Waals surface area contributed by atoms with Crippen LogP contribution in [0.5, 0.6) is 0 Å². The Kier molecular flexibility index (Phi) is 6.76. The summed E-state index contributed by atoms with van der Waals surface area (Å²) in [6.45, 7) is 13.0. The average molecular weight is 319 g/mol. The number of fused-ring (bicyclic) bond motifs is 1. The van der Waals surface area contributed by atoms with Gasteiger partial charge in [0.05, 0.1) is 24.1 Å². The molecule has 5 heteroatoms. The van der Waals surface area contributed by atoms with Crippen molar-refractivity contribution in [2.75, 3.05) is 19.0 Å². The van der Waals surface area contributed by atoms with E-state index in [0.717, 1.165) is 11.1 Å². The van der Waals surface area contributed by atoms with Gasteiger partial charge in [-0.1, -0.05) is 26.0 Å². The molecule has 128 valence electrons. The van der Waals surface area contributed by atoms with Crippen LogP contribution in [0.1, 0.15) is 40.2 Å². The maximum atomic E-state index is 12.7. The van der Waals surface area contributed by atoms with E-state index in [0.29, 0.717) is 24.5 Å². The van der Waals surface area contributed by atoms with E-state index in [2.05, 4.69) is 10.3 Å². The molecule has 1 aromatic heterocycles. The Morgan fingerprint density at radius 1 is 1.26 bits per heavy atom. The van der Waals surface area contributed by atoms with E-state index in [1.54, 1.807) is 11.7 Å². The lowest BCUT2D eigenvalue weighted by Crippen LogP contribution is -2.34. The first-order valence-electron chi connectivity index (χ1n) is 8.11. The van der Waals surface area contributed by atoms with Gasteiger partial charge in [-0.3, -0.25) is 9.36 Å². The first-order chi connectivity index (χ1) is 10.8. The van der Waals surface area contributed by atoms with Crippen molar-refractivity contribution in [3.05, 3.63) is 34.1 Å². The summed E-state index contributed by atoms with van der Waals surface area (Å²) in [6, 6.07) is 5.68. The summed E-state index contributed by atoms with van der Waals surface area (Å²) in [5, 5.41) is 3.96. The van der Waals surface area contributed by atoms with Crippen LogP contribution in [0.25, 0.3) is 10.9 Å². The zero-order chi connectivity index (χ0) is 17.6. The zero-order valence-corrected chi connectivity index (χ0v) is 15.4. The van der Waals surface area contributed by atoms with E-state index in [4.69, 9.17) is 4.74 Å². The lowest BCUT2D eigenvalue weighted by molar-refractivity contribution is 0.186. The predicted molar refractivity (Wildman–Crippen MR) is 97.3 cm³/mol. The molecule has 0 saturated heterocycles. The smallest absolute Gasteiger partial charge is 0.262 e. The number of hydrogen-bond donors (Lipinski definition) is 1. The van der Waals surface area contributed by atoms with E-state index >= 15 is 0 Å². The quantitative estimate of drug-likeness (QED) is 0.935. The highest BCUT2D eigenvalue weighted by Gasteiger charge is 2.17. The maximum absolute atomic E-state index is 12.7. The van der Waals surface area contributed by atoms with Gasteiger partial charge in [0.1, 0.15) is 0 Å². The molecule has 0 aliphatic rings. The van der Waals surface area contributed by atoms with Crippen LogP contribution in [-0.2, 0) is 11.3 Å². The highest BCUT2D eigenvalue weighted by Crippen LogP contribution is 2.18. The number of methoxy groups -OCH3 is 1. The minimum absolute atomic E-state index is 0.0347. The van der Waals surface area contributed by atoms with Gasteiger partial charge in [-0.2, -0.15) is 0 Å². The summed E-state index contributed by atoms with van der Waals surface area (Å²) >= 11 is 0. The number of benzene rings is 1. The second-order valence-electron chi connectivity index (χ2n) is 6.23. The first-order valence-corrected chi connectivity index (χ1v) is 8.11. The van der Waals surface area contributed by atoms with Crippen molar-refractivity contribution in [2.24, 2.45) is 0 Å². The van der Waals surface area contributed by atoms with Crippen LogP contribution in [0.15, 0.2) is 23.0 Å². The molecule has 0 fully saturated rings. The van der Waals surface area contributed by atoms with Crippen molar-refractivity contribution in [2.45, 2.75) is 53.6 Å². The van der Waals surface area contributed by atoms with Crippen LogP contribution < -0.4 is 10.9 Å². The first kappa shape index (κ1) is 19.2. The van der Waals surface area contributed by atoms with Gasteiger partial charge in [0.2, 0.25) is 5.95 Å². The highest BCUT2D eigenvalue weighted by molar-refractivity contribution is 5.81. The van der Waals surface area contributed by atoms with E-state index in [1.807, 2.05) is 59.7 Å². The van der Waals surface area contributed by atoms with Gasteiger partial charge in [0.25, 0.3) is 5.56 Å². The predicted octanol–water partition coefficient (Wildman–Crippen LogP) is 3.59. The van der Waals surface area contributed by atoms with Crippen molar-refractivity contribution in [3.63, 3.8) is 0 Å². The fraction of sp³-hybridized carbons (Fsp3) is 0.556. The monoisotopic (exact) mass is 319 g/mol. The molecule has 5 nitrogen and oxygen atoms in total. The molecule has 0 radical (unpaired) electrons. The van der Waals surface area contributed by atoms with Crippen LogP contribution in [0.3, 0.4) is 0 Å². The van der Waals surface area contributed by atoms with Gasteiger partial charge in [-0.25, -0.2) is 4.98 Å². The minimum atomic E-state index is -0.176. The summed E-state index contributed by atoms with van der Waals surface area (Å²) in [7, 11) is 1.63. The van der Waals surface area contributed by atoms with E-state index in [9.17, 15) is 4.79 Å². The third kappa shape index (κ3) is 4.79. The molecule has 2 rings (SSSR count). The molecule has 1 heterocycles. The van der Waals surface area contributed by atoms with E-state index < -0.39 is 0 Å². The molecule has 0 bridgehead atoms.